The van der Waals surface area contributed by atoms with E-state index < -0.39 is 0 Å². The average molecular weight is 204 g/mol. The molecule has 84 valence electrons. The van der Waals surface area contributed by atoms with E-state index in [0.717, 1.165) is 12.8 Å². The van der Waals surface area contributed by atoms with Gasteiger partial charge in [0.2, 0.25) is 0 Å². The molecule has 0 heterocycles. The molecular formula is C15H24. The highest BCUT2D eigenvalue weighted by atomic mass is 14.2. The van der Waals surface area contributed by atoms with Gasteiger partial charge >= 0.3 is 0 Å². The molecule has 0 atom stereocenters. The molecule has 0 saturated heterocycles. The Kier molecular flexibility index (Phi) is 4.38. The van der Waals surface area contributed by atoms with Crippen molar-refractivity contribution in [2.45, 2.75) is 53.4 Å². The summed E-state index contributed by atoms with van der Waals surface area (Å²) in [5, 5.41) is 0. The van der Waals surface area contributed by atoms with Gasteiger partial charge in [-0.1, -0.05) is 49.3 Å². The van der Waals surface area contributed by atoms with E-state index >= 15 is 0 Å². The first-order valence-corrected chi connectivity index (χ1v) is 5.98. The Morgan fingerprint density at radius 2 is 1.80 bits per heavy atom. The summed E-state index contributed by atoms with van der Waals surface area (Å²) in [6, 6.07) is 0. The van der Waals surface area contributed by atoms with Crippen LogP contribution in [0.4, 0.5) is 0 Å². The molecule has 0 heteroatoms. The van der Waals surface area contributed by atoms with Gasteiger partial charge < -0.3 is 0 Å². The van der Waals surface area contributed by atoms with Crippen molar-refractivity contribution in [1.29, 1.82) is 0 Å². The third-order valence-electron chi connectivity index (χ3n) is 3.02. The second kappa shape index (κ2) is 5.34. The Morgan fingerprint density at radius 3 is 2.53 bits per heavy atom. The summed E-state index contributed by atoms with van der Waals surface area (Å²) in [6.07, 6.45) is 14.1. The van der Waals surface area contributed by atoms with Gasteiger partial charge in [0.15, 0.2) is 0 Å². The summed E-state index contributed by atoms with van der Waals surface area (Å²) in [6.45, 7) is 9.10. The van der Waals surface area contributed by atoms with Crippen molar-refractivity contribution in [1.82, 2.24) is 0 Å². The molecule has 1 rings (SSSR count). The van der Waals surface area contributed by atoms with Crippen molar-refractivity contribution in [3.63, 3.8) is 0 Å². The Bertz CT molecular complexity index is 287. The number of hydrogen-bond donors (Lipinski definition) is 0. The van der Waals surface area contributed by atoms with Crippen molar-refractivity contribution in [3.8, 4) is 0 Å². The lowest BCUT2D eigenvalue weighted by Crippen LogP contribution is -2.05. The third kappa shape index (κ3) is 5.01. The molecule has 15 heavy (non-hydrogen) atoms. The minimum absolute atomic E-state index is 0.311. The van der Waals surface area contributed by atoms with E-state index in [4.69, 9.17) is 0 Å². The minimum Gasteiger partial charge on any atom is -0.0850 e. The SMILES string of the molecule is C/C1=C/CC(C)(C)/C=C/C/C(C)=C/CC1. The van der Waals surface area contributed by atoms with Gasteiger partial charge in [-0.3, -0.25) is 0 Å². The van der Waals surface area contributed by atoms with Crippen LogP contribution in [-0.4, -0.2) is 0 Å². The molecule has 0 radical (unpaired) electrons. The molecule has 0 aromatic carbocycles. The summed E-state index contributed by atoms with van der Waals surface area (Å²) in [5.74, 6) is 0. The van der Waals surface area contributed by atoms with Gasteiger partial charge in [-0.2, -0.15) is 0 Å². The Hall–Kier alpha value is -0.780. The van der Waals surface area contributed by atoms with Crippen molar-refractivity contribution < 1.29 is 0 Å². The summed E-state index contributed by atoms with van der Waals surface area (Å²) in [4.78, 5) is 0. The van der Waals surface area contributed by atoms with E-state index in [1.54, 1.807) is 0 Å². The van der Waals surface area contributed by atoms with Gasteiger partial charge in [-0.05, 0) is 44.9 Å². The monoisotopic (exact) mass is 204 g/mol. The second-order valence-electron chi connectivity index (χ2n) is 5.44. The predicted octanol–water partition coefficient (Wildman–Crippen LogP) is 5.04. The lowest BCUT2D eigenvalue weighted by molar-refractivity contribution is 0.486. The summed E-state index contributed by atoms with van der Waals surface area (Å²) >= 11 is 0. The van der Waals surface area contributed by atoms with E-state index in [-0.39, 0.29) is 0 Å². The first-order chi connectivity index (χ1) is 6.99. The minimum atomic E-state index is 0.311. The maximum atomic E-state index is 2.40. The molecule has 0 unspecified atom stereocenters. The van der Waals surface area contributed by atoms with Crippen molar-refractivity contribution in [2.75, 3.05) is 0 Å². The van der Waals surface area contributed by atoms with Crippen LogP contribution in [0.2, 0.25) is 0 Å². The highest BCUT2D eigenvalue weighted by Crippen LogP contribution is 2.25. The van der Waals surface area contributed by atoms with Crippen LogP contribution in [-0.2, 0) is 0 Å². The van der Waals surface area contributed by atoms with Crippen LogP contribution in [0.3, 0.4) is 0 Å². The molecule has 0 aliphatic heterocycles. The molecule has 0 saturated carbocycles. The van der Waals surface area contributed by atoms with Crippen LogP contribution in [0.15, 0.2) is 35.5 Å². The van der Waals surface area contributed by atoms with Gasteiger partial charge in [-0.15, -0.1) is 0 Å². The van der Waals surface area contributed by atoms with Gasteiger partial charge in [0, 0.05) is 0 Å². The van der Waals surface area contributed by atoms with Gasteiger partial charge in [0.1, 0.15) is 0 Å². The number of allylic oxidation sites excluding steroid dienone is 6. The fraction of sp³-hybridized carbons (Fsp3) is 0.600. The van der Waals surface area contributed by atoms with Gasteiger partial charge in [-0.25, -0.2) is 0 Å². The zero-order valence-electron chi connectivity index (χ0n) is 10.6. The lowest BCUT2D eigenvalue weighted by atomic mass is 9.87. The predicted molar refractivity (Wildman–Crippen MR) is 68.9 cm³/mol. The maximum Gasteiger partial charge on any atom is -0.0140 e. The quantitative estimate of drug-likeness (QED) is 0.485. The standard InChI is InChI=1S/C15H24/c1-13-7-5-8-14(2)10-12-15(3,4)11-6-9-13/h6-7,10-11H,5,8-9,12H2,1-4H3/b11-6+,13-7+,14-10-. The summed E-state index contributed by atoms with van der Waals surface area (Å²) < 4.78 is 0. The van der Waals surface area contributed by atoms with E-state index in [1.165, 1.54) is 24.0 Å². The first-order valence-electron chi connectivity index (χ1n) is 5.98. The van der Waals surface area contributed by atoms with Crippen LogP contribution in [0.1, 0.15) is 53.4 Å². The lowest BCUT2D eigenvalue weighted by Gasteiger charge is -2.18. The molecule has 0 nitrogen and oxygen atoms in total. The maximum absolute atomic E-state index is 2.40. The zero-order valence-corrected chi connectivity index (χ0v) is 10.6. The normalized spacial score (nSPS) is 31.7. The number of hydrogen-bond acceptors (Lipinski definition) is 0. The Balaban J connectivity index is 2.79. The average Bonchev–Trinajstić information content (AvgIpc) is 2.15. The first kappa shape index (κ1) is 12.3. The van der Waals surface area contributed by atoms with E-state index in [9.17, 15) is 0 Å². The van der Waals surface area contributed by atoms with Crippen molar-refractivity contribution in [2.24, 2.45) is 5.41 Å². The van der Waals surface area contributed by atoms with Crippen LogP contribution in [0.25, 0.3) is 0 Å². The molecule has 0 aromatic heterocycles. The Morgan fingerprint density at radius 1 is 1.07 bits per heavy atom. The summed E-state index contributed by atoms with van der Waals surface area (Å²) in [5.41, 5.74) is 3.34. The van der Waals surface area contributed by atoms with Crippen LogP contribution < -0.4 is 0 Å². The van der Waals surface area contributed by atoms with Gasteiger partial charge in [0.25, 0.3) is 0 Å². The molecule has 0 aromatic rings. The fourth-order valence-electron chi connectivity index (χ4n) is 1.80. The third-order valence-corrected chi connectivity index (χ3v) is 3.02. The molecule has 0 bridgehead atoms. The van der Waals surface area contributed by atoms with Crippen molar-refractivity contribution >= 4 is 0 Å². The Labute approximate surface area is 94.8 Å². The highest BCUT2D eigenvalue weighted by Gasteiger charge is 2.11. The molecule has 0 amide bonds. The largest absolute Gasteiger partial charge is 0.0850 e. The molecule has 0 fully saturated rings. The van der Waals surface area contributed by atoms with E-state index in [0.29, 0.717) is 5.41 Å². The topological polar surface area (TPSA) is 0 Å². The van der Waals surface area contributed by atoms with Crippen LogP contribution in [0.5, 0.6) is 0 Å². The van der Waals surface area contributed by atoms with Crippen LogP contribution >= 0.6 is 0 Å². The molecular weight excluding hydrogens is 180 g/mol. The molecule has 0 spiro atoms. The fourth-order valence-corrected chi connectivity index (χ4v) is 1.80. The highest BCUT2D eigenvalue weighted by molar-refractivity contribution is 5.12. The summed E-state index contributed by atoms with van der Waals surface area (Å²) in [7, 11) is 0. The smallest absolute Gasteiger partial charge is 0.0140 e. The zero-order chi connectivity index (χ0) is 11.3. The van der Waals surface area contributed by atoms with E-state index in [2.05, 4.69) is 52.0 Å². The van der Waals surface area contributed by atoms with Gasteiger partial charge in [0.05, 0.1) is 0 Å². The molecule has 0 N–H and O–H groups in total. The van der Waals surface area contributed by atoms with Crippen LogP contribution in [0, 0.1) is 5.41 Å². The number of rotatable bonds is 0. The molecule has 1 aliphatic rings. The van der Waals surface area contributed by atoms with Crippen molar-refractivity contribution in [3.05, 3.63) is 35.5 Å². The van der Waals surface area contributed by atoms with E-state index in [1.807, 2.05) is 0 Å². The second-order valence-corrected chi connectivity index (χ2v) is 5.44. The molecule has 1 aliphatic carbocycles.